The Bertz CT molecular complexity index is 455. The van der Waals surface area contributed by atoms with Crippen molar-refractivity contribution in [2.24, 2.45) is 23.2 Å². The van der Waals surface area contributed by atoms with Gasteiger partial charge in [-0.1, -0.05) is 12.1 Å². The molecule has 0 radical (unpaired) electrons. The van der Waals surface area contributed by atoms with Crippen LogP contribution in [0.25, 0.3) is 0 Å². The first-order chi connectivity index (χ1) is 9.17. The second-order valence-electron chi connectivity index (χ2n) is 7.35. The molecule has 4 fully saturated rings. The van der Waals surface area contributed by atoms with Crippen LogP contribution in [0.1, 0.15) is 51.1 Å². The second kappa shape index (κ2) is 3.97. The number of hydrogen-bond acceptors (Lipinski definition) is 3. The summed E-state index contributed by atoms with van der Waals surface area (Å²) >= 11 is 0. The Balaban J connectivity index is 1.62. The van der Waals surface area contributed by atoms with Crippen LogP contribution in [0.3, 0.4) is 0 Å². The molecule has 4 heteroatoms. The summed E-state index contributed by atoms with van der Waals surface area (Å²) in [6.07, 6.45) is 9.69. The summed E-state index contributed by atoms with van der Waals surface area (Å²) in [6.45, 7) is 3.20. The predicted molar refractivity (Wildman–Crippen MR) is 74.4 cm³/mol. The van der Waals surface area contributed by atoms with E-state index < -0.39 is 0 Å². The van der Waals surface area contributed by atoms with E-state index in [-0.39, 0.29) is 0 Å². The van der Waals surface area contributed by atoms with Crippen LogP contribution < -0.4 is 5.73 Å². The normalized spacial score (nSPS) is 39.9. The highest BCUT2D eigenvalue weighted by Gasteiger charge is 2.51. The van der Waals surface area contributed by atoms with Crippen LogP contribution in [-0.4, -0.2) is 15.0 Å². The van der Waals surface area contributed by atoms with Gasteiger partial charge >= 0.3 is 0 Å². The first-order valence-corrected chi connectivity index (χ1v) is 7.85. The Hall–Kier alpha value is -1.06. The number of nitrogens with two attached hydrogens (primary N) is 1. The van der Waals surface area contributed by atoms with Gasteiger partial charge in [0.05, 0.1) is 5.69 Å². The molecule has 2 N–H and O–H groups in total. The number of rotatable bonds is 3. The summed E-state index contributed by atoms with van der Waals surface area (Å²) < 4.78 is 2.11. The SMILES string of the molecule is CCc1c(N)nnn1CC12CC3CC(CC(C3)C1)C2. The third-order valence-corrected chi connectivity index (χ3v) is 5.85. The van der Waals surface area contributed by atoms with Crippen LogP contribution in [0.4, 0.5) is 5.82 Å². The number of anilines is 1. The van der Waals surface area contributed by atoms with Gasteiger partial charge in [0.15, 0.2) is 5.82 Å². The summed E-state index contributed by atoms with van der Waals surface area (Å²) in [6, 6.07) is 0. The minimum Gasteiger partial charge on any atom is -0.381 e. The first kappa shape index (κ1) is 11.7. The quantitative estimate of drug-likeness (QED) is 0.909. The molecule has 4 aliphatic carbocycles. The van der Waals surface area contributed by atoms with E-state index in [0.717, 1.165) is 36.4 Å². The zero-order valence-corrected chi connectivity index (χ0v) is 11.8. The average Bonchev–Trinajstić information content (AvgIpc) is 2.67. The molecule has 1 aromatic heterocycles. The molecule has 0 spiro atoms. The Morgan fingerprint density at radius 2 is 1.74 bits per heavy atom. The molecule has 0 saturated heterocycles. The molecule has 104 valence electrons. The van der Waals surface area contributed by atoms with Crippen molar-refractivity contribution in [3.05, 3.63) is 5.69 Å². The lowest BCUT2D eigenvalue weighted by atomic mass is 9.49. The number of nitrogen functional groups attached to an aromatic ring is 1. The lowest BCUT2D eigenvalue weighted by Crippen LogP contribution is -2.48. The van der Waals surface area contributed by atoms with E-state index in [1.165, 1.54) is 38.5 Å². The van der Waals surface area contributed by atoms with E-state index in [0.29, 0.717) is 11.2 Å². The fourth-order valence-corrected chi connectivity index (χ4v) is 5.64. The van der Waals surface area contributed by atoms with Gasteiger partial charge in [0.1, 0.15) is 0 Å². The standard InChI is InChI=1S/C15H24N4/c1-2-13-14(16)17-18-19(13)9-15-6-10-3-11(7-15)5-12(4-10)8-15/h10-12H,2-9,16H2,1H3. The van der Waals surface area contributed by atoms with Gasteiger partial charge in [-0.15, -0.1) is 5.10 Å². The highest BCUT2D eigenvalue weighted by molar-refractivity contribution is 5.32. The number of hydrogen-bond donors (Lipinski definition) is 1. The monoisotopic (exact) mass is 260 g/mol. The highest BCUT2D eigenvalue weighted by Crippen LogP contribution is 2.60. The van der Waals surface area contributed by atoms with E-state index in [4.69, 9.17) is 5.73 Å². The highest BCUT2D eigenvalue weighted by atomic mass is 15.4. The Labute approximate surface area is 114 Å². The molecule has 4 nitrogen and oxygen atoms in total. The molecule has 4 bridgehead atoms. The predicted octanol–water partition coefficient (Wildman–Crippen LogP) is 2.64. The van der Waals surface area contributed by atoms with Gasteiger partial charge in [0.25, 0.3) is 0 Å². The maximum atomic E-state index is 5.92. The van der Waals surface area contributed by atoms with Gasteiger partial charge in [-0.25, -0.2) is 4.68 Å². The smallest absolute Gasteiger partial charge is 0.169 e. The van der Waals surface area contributed by atoms with E-state index >= 15 is 0 Å². The lowest BCUT2D eigenvalue weighted by molar-refractivity contribution is -0.0641. The maximum Gasteiger partial charge on any atom is 0.169 e. The van der Waals surface area contributed by atoms with Crippen molar-refractivity contribution >= 4 is 5.82 Å². The first-order valence-electron chi connectivity index (χ1n) is 7.85. The van der Waals surface area contributed by atoms with Gasteiger partial charge < -0.3 is 5.73 Å². The van der Waals surface area contributed by atoms with E-state index in [1.54, 1.807) is 0 Å². The van der Waals surface area contributed by atoms with Crippen molar-refractivity contribution in [2.45, 2.75) is 58.4 Å². The third-order valence-electron chi connectivity index (χ3n) is 5.85. The van der Waals surface area contributed by atoms with Crippen molar-refractivity contribution in [1.82, 2.24) is 15.0 Å². The molecule has 0 amide bonds. The fraction of sp³-hybridized carbons (Fsp3) is 0.867. The molecule has 1 heterocycles. The van der Waals surface area contributed by atoms with Crippen molar-refractivity contribution in [3.63, 3.8) is 0 Å². The summed E-state index contributed by atoms with van der Waals surface area (Å²) in [4.78, 5) is 0. The van der Waals surface area contributed by atoms with Crippen molar-refractivity contribution in [1.29, 1.82) is 0 Å². The van der Waals surface area contributed by atoms with Crippen molar-refractivity contribution in [2.75, 3.05) is 5.73 Å². The van der Waals surface area contributed by atoms with E-state index in [2.05, 4.69) is 21.9 Å². The molecule has 0 aliphatic heterocycles. The molecule has 4 saturated carbocycles. The minimum absolute atomic E-state index is 0.513. The average molecular weight is 260 g/mol. The van der Waals surface area contributed by atoms with Crippen molar-refractivity contribution < 1.29 is 0 Å². The van der Waals surface area contributed by atoms with Crippen LogP contribution in [0.15, 0.2) is 0 Å². The lowest BCUT2D eigenvalue weighted by Gasteiger charge is -2.56. The molecule has 19 heavy (non-hydrogen) atoms. The van der Waals surface area contributed by atoms with Crippen LogP contribution in [0.2, 0.25) is 0 Å². The molecular weight excluding hydrogens is 236 g/mol. The molecule has 0 atom stereocenters. The minimum atomic E-state index is 0.513. The molecule has 0 unspecified atom stereocenters. The Kier molecular flexibility index (Phi) is 2.45. The van der Waals surface area contributed by atoms with Crippen molar-refractivity contribution in [3.8, 4) is 0 Å². The number of nitrogens with zero attached hydrogens (tertiary/aromatic N) is 3. The maximum absolute atomic E-state index is 5.92. The van der Waals surface area contributed by atoms with Gasteiger partial charge in [0, 0.05) is 6.54 Å². The molecule has 5 rings (SSSR count). The second-order valence-corrected chi connectivity index (χ2v) is 7.35. The summed E-state index contributed by atoms with van der Waals surface area (Å²) in [5, 5.41) is 8.38. The topological polar surface area (TPSA) is 56.7 Å². The van der Waals surface area contributed by atoms with Crippen LogP contribution in [-0.2, 0) is 13.0 Å². The Morgan fingerprint density at radius 3 is 2.26 bits per heavy atom. The fourth-order valence-electron chi connectivity index (χ4n) is 5.64. The largest absolute Gasteiger partial charge is 0.381 e. The third kappa shape index (κ3) is 1.79. The van der Waals surface area contributed by atoms with E-state index in [1.807, 2.05) is 0 Å². The van der Waals surface area contributed by atoms with Crippen LogP contribution in [0.5, 0.6) is 0 Å². The van der Waals surface area contributed by atoms with Gasteiger partial charge in [0.2, 0.25) is 0 Å². The summed E-state index contributed by atoms with van der Waals surface area (Å²) in [5.41, 5.74) is 7.57. The summed E-state index contributed by atoms with van der Waals surface area (Å²) in [5.74, 6) is 3.62. The van der Waals surface area contributed by atoms with Gasteiger partial charge in [-0.2, -0.15) is 0 Å². The molecule has 4 aliphatic rings. The van der Waals surface area contributed by atoms with Gasteiger partial charge in [-0.05, 0) is 68.1 Å². The molecule has 1 aromatic rings. The summed E-state index contributed by atoms with van der Waals surface area (Å²) in [7, 11) is 0. The zero-order valence-electron chi connectivity index (χ0n) is 11.8. The van der Waals surface area contributed by atoms with Crippen LogP contribution in [0, 0.1) is 23.2 Å². The Morgan fingerprint density at radius 1 is 1.16 bits per heavy atom. The van der Waals surface area contributed by atoms with E-state index in [9.17, 15) is 0 Å². The molecule has 0 aromatic carbocycles. The van der Waals surface area contributed by atoms with Crippen LogP contribution >= 0.6 is 0 Å². The zero-order chi connectivity index (χ0) is 13.0. The van der Waals surface area contributed by atoms with Gasteiger partial charge in [-0.3, -0.25) is 0 Å². The molecular formula is C15H24N4. The number of aromatic nitrogens is 3.